The first-order valence-electron chi connectivity index (χ1n) is 5.50. The molecule has 3 N–H and O–H groups in total. The molecule has 2 aromatic carbocycles. The summed E-state index contributed by atoms with van der Waals surface area (Å²) in [7, 11) is 0. The normalized spacial score (nSPS) is 11.3. The fourth-order valence-corrected chi connectivity index (χ4v) is 1.72. The third-order valence-electron chi connectivity index (χ3n) is 2.72. The van der Waals surface area contributed by atoms with Gasteiger partial charge in [-0.1, -0.05) is 36.4 Å². The Morgan fingerprint density at radius 2 is 1.58 bits per heavy atom. The molecule has 0 aromatic heterocycles. The zero-order valence-corrected chi connectivity index (χ0v) is 9.83. The summed E-state index contributed by atoms with van der Waals surface area (Å²) in [4.78, 5) is 0. The lowest BCUT2D eigenvalue weighted by Crippen LogP contribution is -2.10. The summed E-state index contributed by atoms with van der Waals surface area (Å²) in [6.45, 7) is 0. The van der Waals surface area contributed by atoms with Gasteiger partial charge in [-0.3, -0.25) is 5.41 Å². The van der Waals surface area contributed by atoms with Gasteiger partial charge in [-0.15, -0.1) is 0 Å². The molecule has 0 heterocycles. The van der Waals surface area contributed by atoms with E-state index in [0.29, 0.717) is 16.7 Å². The Morgan fingerprint density at radius 1 is 0.947 bits per heavy atom. The van der Waals surface area contributed by atoms with Crippen molar-refractivity contribution >= 4 is 5.84 Å². The Morgan fingerprint density at radius 3 is 2.11 bits per heavy atom. The number of nitrogens with two attached hydrogens (primary N) is 1. The molecule has 0 aliphatic rings. The predicted octanol–water partition coefficient (Wildman–Crippen LogP) is 3.66. The van der Waals surface area contributed by atoms with Gasteiger partial charge in [-0.25, -0.2) is 0 Å². The lowest BCUT2D eigenvalue weighted by molar-refractivity contribution is -0.137. The molecule has 0 saturated carbocycles. The van der Waals surface area contributed by atoms with Gasteiger partial charge in [0.2, 0.25) is 0 Å². The minimum absolute atomic E-state index is 0.0735. The summed E-state index contributed by atoms with van der Waals surface area (Å²) in [5.41, 5.74) is 6.30. The SMILES string of the molecule is N=C(N)c1ccc(-c2cccc(C(F)(F)F)c2)cc1. The van der Waals surface area contributed by atoms with Crippen molar-refractivity contribution in [3.8, 4) is 11.1 Å². The Kier molecular flexibility index (Phi) is 3.29. The van der Waals surface area contributed by atoms with Crippen molar-refractivity contribution < 1.29 is 13.2 Å². The molecule has 0 amide bonds. The van der Waals surface area contributed by atoms with Gasteiger partial charge in [0.15, 0.2) is 0 Å². The number of benzene rings is 2. The second-order valence-electron chi connectivity index (χ2n) is 4.07. The minimum atomic E-state index is -4.35. The lowest BCUT2D eigenvalue weighted by atomic mass is 10.0. The average Bonchev–Trinajstić information content (AvgIpc) is 2.38. The molecule has 0 aliphatic heterocycles. The Hall–Kier alpha value is -2.30. The number of hydrogen-bond donors (Lipinski definition) is 2. The molecule has 2 aromatic rings. The van der Waals surface area contributed by atoms with Crippen LogP contribution in [0.3, 0.4) is 0 Å². The van der Waals surface area contributed by atoms with Crippen LogP contribution in [0.4, 0.5) is 13.2 Å². The van der Waals surface area contributed by atoms with E-state index in [-0.39, 0.29) is 5.84 Å². The molecule has 19 heavy (non-hydrogen) atoms. The van der Waals surface area contributed by atoms with E-state index in [4.69, 9.17) is 11.1 Å². The molecular weight excluding hydrogens is 253 g/mol. The van der Waals surface area contributed by atoms with Crippen molar-refractivity contribution in [3.63, 3.8) is 0 Å². The molecule has 5 heteroatoms. The van der Waals surface area contributed by atoms with E-state index in [0.717, 1.165) is 12.1 Å². The van der Waals surface area contributed by atoms with Crippen LogP contribution in [0.25, 0.3) is 11.1 Å². The third-order valence-corrected chi connectivity index (χ3v) is 2.72. The van der Waals surface area contributed by atoms with Crippen LogP contribution < -0.4 is 5.73 Å². The third kappa shape index (κ3) is 2.93. The summed E-state index contributed by atoms with van der Waals surface area (Å²) in [5.74, 6) is -0.0735. The fraction of sp³-hybridized carbons (Fsp3) is 0.0714. The van der Waals surface area contributed by atoms with E-state index in [1.54, 1.807) is 30.3 Å². The molecule has 0 aliphatic carbocycles. The van der Waals surface area contributed by atoms with Crippen LogP contribution in [0.2, 0.25) is 0 Å². The number of nitrogens with one attached hydrogen (secondary N) is 1. The molecule has 2 rings (SSSR count). The summed E-state index contributed by atoms with van der Waals surface area (Å²) in [6, 6.07) is 11.6. The second-order valence-corrected chi connectivity index (χ2v) is 4.07. The molecule has 0 spiro atoms. The van der Waals surface area contributed by atoms with Crippen molar-refractivity contribution in [3.05, 3.63) is 59.7 Å². The average molecular weight is 264 g/mol. The van der Waals surface area contributed by atoms with Gasteiger partial charge in [-0.2, -0.15) is 13.2 Å². The highest BCUT2D eigenvalue weighted by molar-refractivity contribution is 5.95. The van der Waals surface area contributed by atoms with E-state index < -0.39 is 11.7 Å². The number of hydrogen-bond acceptors (Lipinski definition) is 1. The fourth-order valence-electron chi connectivity index (χ4n) is 1.72. The maximum Gasteiger partial charge on any atom is 0.416 e. The molecule has 0 radical (unpaired) electrons. The monoisotopic (exact) mass is 264 g/mol. The molecule has 0 atom stereocenters. The van der Waals surface area contributed by atoms with E-state index in [1.165, 1.54) is 6.07 Å². The van der Waals surface area contributed by atoms with Gasteiger partial charge in [0.1, 0.15) is 5.84 Å². The zero-order valence-electron chi connectivity index (χ0n) is 9.83. The van der Waals surface area contributed by atoms with Gasteiger partial charge in [0.25, 0.3) is 0 Å². The van der Waals surface area contributed by atoms with Crippen LogP contribution in [0.15, 0.2) is 48.5 Å². The summed E-state index contributed by atoms with van der Waals surface area (Å²) in [5, 5.41) is 7.26. The number of amidine groups is 1. The van der Waals surface area contributed by atoms with Crippen molar-refractivity contribution in [1.29, 1.82) is 5.41 Å². The Labute approximate surface area is 108 Å². The van der Waals surface area contributed by atoms with Gasteiger partial charge in [-0.05, 0) is 23.3 Å². The highest BCUT2D eigenvalue weighted by Gasteiger charge is 2.30. The number of alkyl halides is 3. The summed E-state index contributed by atoms with van der Waals surface area (Å²) in [6.07, 6.45) is -4.35. The van der Waals surface area contributed by atoms with Gasteiger partial charge in [0.05, 0.1) is 5.56 Å². The first-order chi connectivity index (χ1) is 8.88. The van der Waals surface area contributed by atoms with Crippen LogP contribution in [0, 0.1) is 5.41 Å². The Balaban J connectivity index is 2.39. The van der Waals surface area contributed by atoms with Gasteiger partial charge < -0.3 is 5.73 Å². The van der Waals surface area contributed by atoms with Crippen LogP contribution in [-0.2, 0) is 6.18 Å². The first-order valence-corrected chi connectivity index (χ1v) is 5.50. The highest BCUT2D eigenvalue weighted by Crippen LogP contribution is 2.32. The smallest absolute Gasteiger partial charge is 0.384 e. The number of halogens is 3. The maximum absolute atomic E-state index is 12.6. The van der Waals surface area contributed by atoms with Crippen molar-refractivity contribution in [1.82, 2.24) is 0 Å². The van der Waals surface area contributed by atoms with E-state index in [9.17, 15) is 13.2 Å². The van der Waals surface area contributed by atoms with Crippen LogP contribution in [0.5, 0.6) is 0 Å². The number of rotatable bonds is 2. The van der Waals surface area contributed by atoms with Crippen molar-refractivity contribution in [2.45, 2.75) is 6.18 Å². The van der Waals surface area contributed by atoms with E-state index >= 15 is 0 Å². The molecule has 2 nitrogen and oxygen atoms in total. The molecular formula is C14H11F3N2. The molecule has 98 valence electrons. The van der Waals surface area contributed by atoms with Gasteiger partial charge in [0, 0.05) is 5.56 Å². The second kappa shape index (κ2) is 4.76. The van der Waals surface area contributed by atoms with E-state index in [2.05, 4.69) is 0 Å². The topological polar surface area (TPSA) is 49.9 Å². The zero-order chi connectivity index (χ0) is 14.0. The van der Waals surface area contributed by atoms with Crippen LogP contribution >= 0.6 is 0 Å². The maximum atomic E-state index is 12.6. The number of nitrogen functional groups attached to an aromatic ring is 1. The molecule has 0 unspecified atom stereocenters. The molecule has 0 fully saturated rings. The summed E-state index contributed by atoms with van der Waals surface area (Å²) >= 11 is 0. The van der Waals surface area contributed by atoms with Crippen molar-refractivity contribution in [2.75, 3.05) is 0 Å². The van der Waals surface area contributed by atoms with Crippen molar-refractivity contribution in [2.24, 2.45) is 5.73 Å². The van der Waals surface area contributed by atoms with Gasteiger partial charge >= 0.3 is 6.18 Å². The minimum Gasteiger partial charge on any atom is -0.384 e. The molecule has 0 saturated heterocycles. The lowest BCUT2D eigenvalue weighted by Gasteiger charge is -2.09. The van der Waals surface area contributed by atoms with Crippen LogP contribution in [0.1, 0.15) is 11.1 Å². The largest absolute Gasteiger partial charge is 0.416 e. The van der Waals surface area contributed by atoms with E-state index in [1.807, 2.05) is 0 Å². The Bertz CT molecular complexity index is 601. The summed E-state index contributed by atoms with van der Waals surface area (Å²) < 4.78 is 37.8. The highest BCUT2D eigenvalue weighted by atomic mass is 19.4. The quantitative estimate of drug-likeness (QED) is 0.631. The van der Waals surface area contributed by atoms with Crippen LogP contribution in [-0.4, -0.2) is 5.84 Å². The standard InChI is InChI=1S/C14H11F3N2/c15-14(16,17)12-3-1-2-11(8-12)9-4-6-10(7-5-9)13(18)19/h1-8H,(H3,18,19). The molecule has 0 bridgehead atoms. The first kappa shape index (κ1) is 13.1. The predicted molar refractivity (Wildman–Crippen MR) is 67.9 cm³/mol.